The SMILES string of the molecule is O=C(NCC[C@@H]1CCCN1)c1ccc(Cl)cn1. The number of hydrogen-bond acceptors (Lipinski definition) is 3. The molecule has 1 amide bonds. The summed E-state index contributed by atoms with van der Waals surface area (Å²) in [6.45, 7) is 1.78. The summed E-state index contributed by atoms with van der Waals surface area (Å²) in [6.07, 6.45) is 4.89. The highest BCUT2D eigenvalue weighted by molar-refractivity contribution is 6.30. The number of nitrogens with zero attached hydrogens (tertiary/aromatic N) is 1. The van der Waals surface area contributed by atoms with Crippen LogP contribution in [0.1, 0.15) is 29.8 Å². The highest BCUT2D eigenvalue weighted by Crippen LogP contribution is 2.08. The number of pyridine rings is 1. The number of rotatable bonds is 4. The molecule has 0 spiro atoms. The number of carbonyl (C=O) groups is 1. The lowest BCUT2D eigenvalue weighted by Crippen LogP contribution is -2.30. The van der Waals surface area contributed by atoms with Crippen LogP contribution in [0.4, 0.5) is 0 Å². The fourth-order valence-corrected chi connectivity index (χ4v) is 2.08. The molecule has 4 nitrogen and oxygen atoms in total. The van der Waals surface area contributed by atoms with Crippen LogP contribution in [0.15, 0.2) is 18.3 Å². The van der Waals surface area contributed by atoms with Crippen molar-refractivity contribution in [1.29, 1.82) is 0 Å². The van der Waals surface area contributed by atoms with Crippen LogP contribution >= 0.6 is 11.6 Å². The molecule has 1 aromatic rings. The summed E-state index contributed by atoms with van der Waals surface area (Å²) < 4.78 is 0. The van der Waals surface area contributed by atoms with E-state index in [1.54, 1.807) is 12.1 Å². The molecule has 0 aliphatic carbocycles. The fraction of sp³-hybridized carbons (Fsp3) is 0.500. The van der Waals surface area contributed by atoms with Crippen molar-refractivity contribution in [3.8, 4) is 0 Å². The molecule has 1 aromatic heterocycles. The van der Waals surface area contributed by atoms with Crippen molar-refractivity contribution in [2.75, 3.05) is 13.1 Å². The third-order valence-electron chi connectivity index (χ3n) is 2.90. The first kappa shape index (κ1) is 12.3. The minimum Gasteiger partial charge on any atom is -0.351 e. The fourth-order valence-electron chi connectivity index (χ4n) is 1.96. The zero-order chi connectivity index (χ0) is 12.1. The lowest BCUT2D eigenvalue weighted by Gasteiger charge is -2.10. The van der Waals surface area contributed by atoms with E-state index in [2.05, 4.69) is 15.6 Å². The first-order valence-electron chi connectivity index (χ1n) is 5.89. The molecule has 1 aliphatic heterocycles. The molecular formula is C12H16ClN3O. The Labute approximate surface area is 106 Å². The van der Waals surface area contributed by atoms with Gasteiger partial charge in [-0.1, -0.05) is 11.6 Å². The standard InChI is InChI=1S/C12H16ClN3O/c13-9-3-4-11(16-8-9)12(17)15-7-5-10-2-1-6-14-10/h3-4,8,10,14H,1-2,5-7H2,(H,15,17)/t10-/m0/s1. The van der Waals surface area contributed by atoms with Gasteiger partial charge in [-0.2, -0.15) is 0 Å². The van der Waals surface area contributed by atoms with Crippen molar-refractivity contribution in [3.63, 3.8) is 0 Å². The molecule has 0 saturated carbocycles. The van der Waals surface area contributed by atoms with E-state index in [4.69, 9.17) is 11.6 Å². The average Bonchev–Trinajstić information content (AvgIpc) is 2.83. The number of halogens is 1. The van der Waals surface area contributed by atoms with Crippen LogP contribution in [0.5, 0.6) is 0 Å². The molecule has 2 rings (SSSR count). The van der Waals surface area contributed by atoms with E-state index in [-0.39, 0.29) is 5.91 Å². The largest absolute Gasteiger partial charge is 0.351 e. The van der Waals surface area contributed by atoms with Gasteiger partial charge in [0, 0.05) is 18.8 Å². The maximum absolute atomic E-state index is 11.7. The van der Waals surface area contributed by atoms with Gasteiger partial charge < -0.3 is 10.6 Å². The highest BCUT2D eigenvalue weighted by atomic mass is 35.5. The molecule has 92 valence electrons. The summed E-state index contributed by atoms with van der Waals surface area (Å²) in [5.74, 6) is -0.139. The second-order valence-electron chi connectivity index (χ2n) is 4.20. The van der Waals surface area contributed by atoms with Crippen LogP contribution in [0.3, 0.4) is 0 Å². The van der Waals surface area contributed by atoms with Gasteiger partial charge in [0.2, 0.25) is 0 Å². The van der Waals surface area contributed by atoms with Crippen molar-refractivity contribution < 1.29 is 4.79 Å². The molecule has 17 heavy (non-hydrogen) atoms. The number of carbonyl (C=O) groups excluding carboxylic acids is 1. The Hall–Kier alpha value is -1.13. The van der Waals surface area contributed by atoms with Gasteiger partial charge in [0.1, 0.15) is 5.69 Å². The smallest absolute Gasteiger partial charge is 0.269 e. The van der Waals surface area contributed by atoms with Gasteiger partial charge in [-0.25, -0.2) is 4.98 Å². The molecule has 1 aliphatic rings. The minimum absolute atomic E-state index is 0.139. The van der Waals surface area contributed by atoms with Crippen molar-refractivity contribution in [2.24, 2.45) is 0 Å². The first-order chi connectivity index (χ1) is 8.25. The Morgan fingerprint density at radius 3 is 3.12 bits per heavy atom. The van der Waals surface area contributed by atoms with Gasteiger partial charge in [0.25, 0.3) is 5.91 Å². The Morgan fingerprint density at radius 1 is 1.59 bits per heavy atom. The second-order valence-corrected chi connectivity index (χ2v) is 4.64. The molecule has 0 bridgehead atoms. The Bertz CT molecular complexity index is 374. The summed E-state index contributed by atoms with van der Waals surface area (Å²) in [6, 6.07) is 3.85. The predicted molar refractivity (Wildman–Crippen MR) is 67.2 cm³/mol. The first-order valence-corrected chi connectivity index (χ1v) is 6.26. The van der Waals surface area contributed by atoms with Gasteiger partial charge in [0.15, 0.2) is 0 Å². The van der Waals surface area contributed by atoms with E-state index in [0.717, 1.165) is 13.0 Å². The third-order valence-corrected chi connectivity index (χ3v) is 3.12. The zero-order valence-corrected chi connectivity index (χ0v) is 10.3. The Morgan fingerprint density at radius 2 is 2.47 bits per heavy atom. The molecule has 0 aromatic carbocycles. The number of nitrogens with one attached hydrogen (secondary N) is 2. The second kappa shape index (κ2) is 5.98. The van der Waals surface area contributed by atoms with Crippen molar-refractivity contribution >= 4 is 17.5 Å². The maximum atomic E-state index is 11.7. The van der Waals surface area contributed by atoms with Crippen molar-refractivity contribution in [2.45, 2.75) is 25.3 Å². The summed E-state index contributed by atoms with van der Waals surface area (Å²) in [4.78, 5) is 15.7. The van der Waals surface area contributed by atoms with Gasteiger partial charge in [-0.15, -0.1) is 0 Å². The van der Waals surface area contributed by atoms with Crippen LogP contribution < -0.4 is 10.6 Å². The lowest BCUT2D eigenvalue weighted by atomic mass is 10.1. The summed E-state index contributed by atoms with van der Waals surface area (Å²) in [5, 5.41) is 6.79. The van der Waals surface area contributed by atoms with E-state index in [1.807, 2.05) is 0 Å². The lowest BCUT2D eigenvalue weighted by molar-refractivity contribution is 0.0947. The predicted octanol–water partition coefficient (Wildman–Crippen LogP) is 1.61. The Balaban J connectivity index is 1.75. The van der Waals surface area contributed by atoms with E-state index in [1.165, 1.54) is 19.0 Å². The summed E-state index contributed by atoms with van der Waals surface area (Å²) in [5.41, 5.74) is 0.411. The van der Waals surface area contributed by atoms with Crippen molar-refractivity contribution in [1.82, 2.24) is 15.6 Å². The van der Waals surface area contributed by atoms with Crippen LogP contribution in [0.2, 0.25) is 5.02 Å². The third kappa shape index (κ3) is 3.68. The zero-order valence-electron chi connectivity index (χ0n) is 9.58. The van der Waals surface area contributed by atoms with E-state index in [0.29, 0.717) is 23.3 Å². The minimum atomic E-state index is -0.139. The van der Waals surface area contributed by atoms with E-state index in [9.17, 15) is 4.79 Å². The average molecular weight is 254 g/mol. The monoisotopic (exact) mass is 253 g/mol. The molecule has 1 saturated heterocycles. The van der Waals surface area contributed by atoms with E-state index >= 15 is 0 Å². The van der Waals surface area contributed by atoms with Crippen LogP contribution in [0, 0.1) is 0 Å². The maximum Gasteiger partial charge on any atom is 0.269 e. The molecule has 0 radical (unpaired) electrons. The van der Waals surface area contributed by atoms with Crippen molar-refractivity contribution in [3.05, 3.63) is 29.0 Å². The Kier molecular flexibility index (Phi) is 4.34. The van der Waals surface area contributed by atoms with E-state index < -0.39 is 0 Å². The van der Waals surface area contributed by atoms with Gasteiger partial charge in [-0.3, -0.25) is 4.79 Å². The van der Waals surface area contributed by atoms with Crippen LogP contribution in [0.25, 0.3) is 0 Å². The molecule has 0 unspecified atom stereocenters. The van der Waals surface area contributed by atoms with Gasteiger partial charge >= 0.3 is 0 Å². The summed E-state index contributed by atoms with van der Waals surface area (Å²) in [7, 11) is 0. The molecular weight excluding hydrogens is 238 g/mol. The molecule has 5 heteroatoms. The molecule has 2 heterocycles. The molecule has 1 fully saturated rings. The highest BCUT2D eigenvalue weighted by Gasteiger charge is 2.14. The molecule has 2 N–H and O–H groups in total. The quantitative estimate of drug-likeness (QED) is 0.857. The molecule has 1 atom stereocenters. The van der Waals surface area contributed by atoms with Gasteiger partial charge in [-0.05, 0) is 37.9 Å². The number of amides is 1. The topological polar surface area (TPSA) is 54.0 Å². The number of hydrogen-bond donors (Lipinski definition) is 2. The van der Waals surface area contributed by atoms with Crippen LogP contribution in [-0.4, -0.2) is 30.0 Å². The number of aromatic nitrogens is 1. The normalized spacial score (nSPS) is 19.2. The van der Waals surface area contributed by atoms with Gasteiger partial charge in [0.05, 0.1) is 5.02 Å². The van der Waals surface area contributed by atoms with Crippen LogP contribution in [-0.2, 0) is 0 Å². The summed E-state index contributed by atoms with van der Waals surface area (Å²) >= 11 is 5.70.